The Kier molecular flexibility index (Phi) is 7.16. The second-order valence-corrected chi connectivity index (χ2v) is 14.7. The first-order chi connectivity index (χ1) is 28.8. The van der Waals surface area contributed by atoms with Crippen molar-refractivity contribution in [2.75, 3.05) is 0 Å². The minimum absolute atomic E-state index is 0.510. The third kappa shape index (κ3) is 5.00. The van der Waals surface area contributed by atoms with Crippen molar-refractivity contribution in [3.05, 3.63) is 188 Å². The predicted molar refractivity (Wildman–Crippen MR) is 237 cm³/mol. The maximum absolute atomic E-state index is 6.61. The molecule has 0 N–H and O–H groups in total. The van der Waals surface area contributed by atoms with Gasteiger partial charge in [0.25, 0.3) is 0 Å². The highest BCUT2D eigenvalue weighted by Crippen LogP contribution is 2.45. The Morgan fingerprint density at radius 2 is 0.776 bits per heavy atom. The van der Waals surface area contributed by atoms with Crippen LogP contribution in [0.2, 0.25) is 0 Å². The van der Waals surface area contributed by atoms with Crippen molar-refractivity contribution in [1.82, 2.24) is 15.0 Å². The molecule has 0 unspecified atom stereocenters. The molecule has 0 aliphatic carbocycles. The molecule has 0 saturated carbocycles. The van der Waals surface area contributed by atoms with E-state index in [1.807, 2.05) is 48.5 Å². The maximum atomic E-state index is 6.61. The molecule has 12 aromatic rings. The molecule has 58 heavy (non-hydrogen) atoms. The van der Waals surface area contributed by atoms with Gasteiger partial charge in [0, 0.05) is 32.5 Å². The molecular formula is C53H31N3O2. The number of aromatic nitrogens is 3. The van der Waals surface area contributed by atoms with Crippen molar-refractivity contribution in [3.8, 4) is 56.4 Å². The number of benzene rings is 9. The second kappa shape index (κ2) is 12.8. The third-order valence-electron chi connectivity index (χ3n) is 11.4. The fourth-order valence-corrected chi connectivity index (χ4v) is 8.73. The maximum Gasteiger partial charge on any atom is 0.167 e. The molecule has 0 radical (unpaired) electrons. The van der Waals surface area contributed by atoms with Crippen LogP contribution in [0.1, 0.15) is 0 Å². The molecule has 5 nitrogen and oxygen atoms in total. The van der Waals surface area contributed by atoms with Crippen molar-refractivity contribution in [2.45, 2.75) is 0 Å². The Morgan fingerprint density at radius 1 is 0.293 bits per heavy atom. The molecule has 9 aromatic carbocycles. The van der Waals surface area contributed by atoms with Crippen molar-refractivity contribution >= 4 is 65.4 Å². The zero-order valence-corrected chi connectivity index (χ0v) is 31.1. The Bertz CT molecular complexity index is 3450. The molecule has 0 aliphatic rings. The van der Waals surface area contributed by atoms with Crippen LogP contribution in [0.4, 0.5) is 0 Å². The highest BCUT2D eigenvalue weighted by molar-refractivity contribution is 6.14. The standard InChI is InChI=1S/C53H31N3O2/c1-2-14-33(15-3-1)36-22-11-18-34-30-31-40(37-23-10-17-32-16-4-5-19-35(32)37)48(47(34)36)53-55-51(43-26-12-24-41-38-20-6-8-28-45(38)57-49(41)43)54-52(56-53)44-27-13-25-42-39-21-7-9-29-46(39)58-50(42)44/h1-31H. The van der Waals surface area contributed by atoms with Gasteiger partial charge in [-0.1, -0.05) is 164 Å². The van der Waals surface area contributed by atoms with Crippen molar-refractivity contribution in [2.24, 2.45) is 0 Å². The van der Waals surface area contributed by atoms with E-state index in [9.17, 15) is 0 Å². The summed E-state index contributed by atoms with van der Waals surface area (Å²) in [6, 6.07) is 65.2. The van der Waals surface area contributed by atoms with Gasteiger partial charge in [-0.2, -0.15) is 0 Å². The molecule has 270 valence electrons. The molecule has 5 heteroatoms. The minimum Gasteiger partial charge on any atom is -0.455 e. The Balaban J connectivity index is 1.23. The summed E-state index contributed by atoms with van der Waals surface area (Å²) < 4.78 is 13.2. The number of hydrogen-bond acceptors (Lipinski definition) is 5. The van der Waals surface area contributed by atoms with Gasteiger partial charge in [0.15, 0.2) is 17.5 Å². The van der Waals surface area contributed by atoms with Gasteiger partial charge < -0.3 is 8.83 Å². The summed E-state index contributed by atoms with van der Waals surface area (Å²) in [5.74, 6) is 1.57. The first-order valence-electron chi connectivity index (χ1n) is 19.4. The van der Waals surface area contributed by atoms with E-state index in [0.717, 1.165) is 104 Å². The van der Waals surface area contributed by atoms with Crippen LogP contribution in [0.25, 0.3) is 122 Å². The normalized spacial score (nSPS) is 11.8. The Hall–Kier alpha value is -7.89. The van der Waals surface area contributed by atoms with Crippen LogP contribution in [0.15, 0.2) is 197 Å². The monoisotopic (exact) mass is 741 g/mol. The highest BCUT2D eigenvalue weighted by Gasteiger charge is 2.24. The van der Waals surface area contributed by atoms with Crippen LogP contribution in [0.5, 0.6) is 0 Å². The van der Waals surface area contributed by atoms with Crippen molar-refractivity contribution in [3.63, 3.8) is 0 Å². The lowest BCUT2D eigenvalue weighted by molar-refractivity contribution is 0.669. The summed E-state index contributed by atoms with van der Waals surface area (Å²) in [6.45, 7) is 0. The summed E-state index contributed by atoms with van der Waals surface area (Å²) in [5, 5.41) is 8.55. The van der Waals surface area contributed by atoms with Crippen LogP contribution in [-0.4, -0.2) is 15.0 Å². The fraction of sp³-hybridized carbons (Fsp3) is 0. The SMILES string of the molecule is c1ccc(-c2cccc3ccc(-c4cccc5ccccc45)c(-c4nc(-c5cccc6c5oc5ccccc56)nc(-c5cccc6c5oc5ccccc56)n4)c23)cc1. The number of nitrogens with zero attached hydrogens (tertiary/aromatic N) is 3. The fourth-order valence-electron chi connectivity index (χ4n) is 8.73. The quantitative estimate of drug-likeness (QED) is 0.176. The first-order valence-corrected chi connectivity index (χ1v) is 19.4. The van der Waals surface area contributed by atoms with Crippen molar-refractivity contribution in [1.29, 1.82) is 0 Å². The summed E-state index contributed by atoms with van der Waals surface area (Å²) in [4.78, 5) is 16.3. The number of fused-ring (bicyclic) bond motifs is 8. The largest absolute Gasteiger partial charge is 0.455 e. The van der Waals surface area contributed by atoms with E-state index < -0.39 is 0 Å². The Morgan fingerprint density at radius 3 is 1.45 bits per heavy atom. The van der Waals surface area contributed by atoms with Crippen LogP contribution in [0.3, 0.4) is 0 Å². The van der Waals surface area contributed by atoms with E-state index >= 15 is 0 Å². The zero-order chi connectivity index (χ0) is 38.2. The van der Waals surface area contributed by atoms with Crippen LogP contribution >= 0.6 is 0 Å². The summed E-state index contributed by atoms with van der Waals surface area (Å²) in [7, 11) is 0. The lowest BCUT2D eigenvalue weighted by Crippen LogP contribution is -2.02. The smallest absolute Gasteiger partial charge is 0.167 e. The molecule has 3 heterocycles. The van der Waals surface area contributed by atoms with E-state index in [1.54, 1.807) is 0 Å². The van der Waals surface area contributed by atoms with E-state index in [0.29, 0.717) is 17.5 Å². The van der Waals surface area contributed by atoms with Crippen LogP contribution in [0, 0.1) is 0 Å². The number of furan rings is 2. The molecule has 0 saturated heterocycles. The molecule has 3 aromatic heterocycles. The number of hydrogen-bond donors (Lipinski definition) is 0. The lowest BCUT2D eigenvalue weighted by atomic mass is 9.87. The molecule has 0 bridgehead atoms. The minimum atomic E-state index is 0.510. The van der Waals surface area contributed by atoms with Gasteiger partial charge >= 0.3 is 0 Å². The topological polar surface area (TPSA) is 65.0 Å². The molecule has 0 atom stereocenters. The van der Waals surface area contributed by atoms with Gasteiger partial charge in [0.05, 0.1) is 11.1 Å². The summed E-state index contributed by atoms with van der Waals surface area (Å²) in [6.07, 6.45) is 0. The van der Waals surface area contributed by atoms with Crippen LogP contribution in [-0.2, 0) is 0 Å². The van der Waals surface area contributed by atoms with E-state index in [4.69, 9.17) is 23.8 Å². The third-order valence-corrected chi connectivity index (χ3v) is 11.4. The van der Waals surface area contributed by atoms with E-state index in [2.05, 4.69) is 140 Å². The average molecular weight is 742 g/mol. The number of para-hydroxylation sites is 4. The molecule has 0 amide bonds. The lowest BCUT2D eigenvalue weighted by Gasteiger charge is -2.18. The Labute approximate surface area is 332 Å². The van der Waals surface area contributed by atoms with Crippen molar-refractivity contribution < 1.29 is 8.83 Å². The molecule has 0 aliphatic heterocycles. The predicted octanol–water partition coefficient (Wildman–Crippen LogP) is 14.3. The highest BCUT2D eigenvalue weighted by atomic mass is 16.3. The molecule has 0 fully saturated rings. The van der Waals surface area contributed by atoms with Gasteiger partial charge in [-0.15, -0.1) is 0 Å². The van der Waals surface area contributed by atoms with Gasteiger partial charge in [0.1, 0.15) is 22.3 Å². The first kappa shape index (κ1) is 32.4. The summed E-state index contributed by atoms with van der Waals surface area (Å²) in [5.41, 5.74) is 9.90. The molecular weight excluding hydrogens is 711 g/mol. The van der Waals surface area contributed by atoms with Gasteiger partial charge in [-0.3, -0.25) is 0 Å². The zero-order valence-electron chi connectivity index (χ0n) is 31.1. The number of rotatable bonds is 5. The van der Waals surface area contributed by atoms with E-state index in [-0.39, 0.29) is 0 Å². The molecule has 0 spiro atoms. The average Bonchev–Trinajstić information content (AvgIpc) is 3.87. The van der Waals surface area contributed by atoms with E-state index in [1.165, 1.54) is 0 Å². The van der Waals surface area contributed by atoms with Gasteiger partial charge in [0.2, 0.25) is 0 Å². The summed E-state index contributed by atoms with van der Waals surface area (Å²) >= 11 is 0. The molecule has 12 rings (SSSR count). The second-order valence-electron chi connectivity index (χ2n) is 14.7. The van der Waals surface area contributed by atoms with Gasteiger partial charge in [-0.25, -0.2) is 15.0 Å². The van der Waals surface area contributed by atoms with Crippen LogP contribution < -0.4 is 0 Å². The van der Waals surface area contributed by atoms with Gasteiger partial charge in [-0.05, 0) is 62.7 Å².